The minimum absolute atomic E-state index is 0.310. The maximum Gasteiger partial charge on any atom is 0.134 e. The molecule has 0 aliphatic rings. The Balaban J connectivity index is 0.000000948. The fourth-order valence-electron chi connectivity index (χ4n) is 2.43. The molecule has 0 unspecified atom stereocenters. The number of benzene rings is 1. The van der Waals surface area contributed by atoms with Crippen molar-refractivity contribution in [3.05, 3.63) is 59.4 Å². The number of fused-ring (bicyclic) bond motifs is 1. The summed E-state index contributed by atoms with van der Waals surface area (Å²) < 4.78 is 15.0. The maximum atomic E-state index is 14.2. The van der Waals surface area contributed by atoms with E-state index in [1.54, 1.807) is 24.4 Å². The van der Waals surface area contributed by atoms with Crippen molar-refractivity contribution >= 4 is 33.2 Å². The average molecular weight is 389 g/mol. The van der Waals surface area contributed by atoms with Crippen LogP contribution in [0.15, 0.2) is 42.9 Å². The molecular weight excluding hydrogens is 375 g/mol. The van der Waals surface area contributed by atoms with Crippen molar-refractivity contribution in [1.82, 2.24) is 19.9 Å². The van der Waals surface area contributed by atoms with E-state index in [0.717, 1.165) is 15.9 Å². The van der Waals surface area contributed by atoms with Gasteiger partial charge >= 0.3 is 0 Å². The lowest BCUT2D eigenvalue weighted by Gasteiger charge is -2.01. The van der Waals surface area contributed by atoms with E-state index in [1.165, 1.54) is 23.7 Å². The Kier molecular flexibility index (Phi) is 5.48. The largest absolute Gasteiger partial charge is 0.274 e. The molecule has 1 aromatic carbocycles. The fraction of sp³-hybridized carbons (Fsp3) is 0.0588. The zero-order valence-electron chi connectivity index (χ0n) is 13.6. The predicted molar refractivity (Wildman–Crippen MR) is 102 cm³/mol. The molecule has 3 heterocycles. The monoisotopic (exact) mass is 388 g/mol. The third-order valence-electron chi connectivity index (χ3n) is 3.53. The summed E-state index contributed by atoms with van der Waals surface area (Å²) in [6, 6.07) is 8.25. The predicted octanol–water partition coefficient (Wildman–Crippen LogP) is 3.74. The second-order valence-corrected chi connectivity index (χ2v) is 6.57. The summed E-state index contributed by atoms with van der Waals surface area (Å²) >= 11 is 7.51. The van der Waals surface area contributed by atoms with Gasteiger partial charge in [0.15, 0.2) is 0 Å². The number of pyridine rings is 1. The number of rotatable bonds is 2. The van der Waals surface area contributed by atoms with Crippen LogP contribution < -0.4 is 11.7 Å². The molecule has 9 heteroatoms. The zero-order chi connectivity index (χ0) is 18.7. The van der Waals surface area contributed by atoms with Crippen LogP contribution in [0.3, 0.4) is 0 Å². The number of thiazole rings is 1. The molecule has 0 fully saturated rings. The van der Waals surface area contributed by atoms with Crippen LogP contribution in [-0.4, -0.2) is 19.9 Å². The maximum absolute atomic E-state index is 14.2. The van der Waals surface area contributed by atoms with Crippen molar-refractivity contribution in [2.24, 2.45) is 11.7 Å². The average Bonchev–Trinajstić information content (AvgIpc) is 3.07. The first-order valence-corrected chi connectivity index (χ1v) is 8.65. The number of nitrogens with two attached hydrogens (primary N) is 2. The van der Waals surface area contributed by atoms with Crippen LogP contribution in [0.4, 0.5) is 4.39 Å². The summed E-state index contributed by atoms with van der Waals surface area (Å²) in [6.07, 6.45) is 3.17. The Labute approximate surface area is 157 Å². The standard InChI is InChI=1S/C17H10ClFN4S.H4N2/c1-9-7-13(22-8-21-9)15-16-12(5-6-20-15)23-17(24-16)14-10(18)3-2-4-11(14)19;1-2/h2-8H,1H3;1-2H2. The van der Waals surface area contributed by atoms with Crippen LogP contribution in [0, 0.1) is 12.7 Å². The van der Waals surface area contributed by atoms with E-state index >= 15 is 0 Å². The highest BCUT2D eigenvalue weighted by Crippen LogP contribution is 2.38. The van der Waals surface area contributed by atoms with Crippen molar-refractivity contribution in [2.75, 3.05) is 0 Å². The molecular formula is C17H14ClFN6S. The van der Waals surface area contributed by atoms with E-state index < -0.39 is 5.82 Å². The molecule has 6 nitrogen and oxygen atoms in total. The first kappa shape index (κ1) is 18.3. The number of halogens is 2. The van der Waals surface area contributed by atoms with Gasteiger partial charge < -0.3 is 0 Å². The molecule has 0 atom stereocenters. The SMILES string of the molecule is Cc1cc(-c2nccc3nc(-c4c(F)cccc4Cl)sc23)ncn1.NN. The molecule has 3 aromatic heterocycles. The lowest BCUT2D eigenvalue weighted by Crippen LogP contribution is -2.02. The summed E-state index contributed by atoms with van der Waals surface area (Å²) in [6.45, 7) is 1.89. The highest BCUT2D eigenvalue weighted by Gasteiger charge is 2.17. The summed E-state index contributed by atoms with van der Waals surface area (Å²) in [4.78, 5) is 17.3. The Morgan fingerprint density at radius 3 is 2.65 bits per heavy atom. The second-order valence-electron chi connectivity index (χ2n) is 5.17. The van der Waals surface area contributed by atoms with Crippen molar-refractivity contribution in [1.29, 1.82) is 0 Å². The van der Waals surface area contributed by atoms with Gasteiger partial charge in [0, 0.05) is 11.9 Å². The van der Waals surface area contributed by atoms with Gasteiger partial charge in [0.1, 0.15) is 22.8 Å². The molecule has 0 spiro atoms. The summed E-state index contributed by atoms with van der Waals surface area (Å²) in [5.74, 6) is 7.61. The van der Waals surface area contributed by atoms with Gasteiger partial charge in [0.25, 0.3) is 0 Å². The van der Waals surface area contributed by atoms with Crippen LogP contribution in [0.1, 0.15) is 5.69 Å². The van der Waals surface area contributed by atoms with Gasteiger partial charge in [-0.1, -0.05) is 17.7 Å². The summed E-state index contributed by atoms with van der Waals surface area (Å²) in [5.41, 5.74) is 3.30. The first-order valence-electron chi connectivity index (χ1n) is 7.46. The number of nitrogens with zero attached hydrogens (tertiary/aromatic N) is 4. The number of hydrazine groups is 1. The van der Waals surface area contributed by atoms with Crippen LogP contribution in [-0.2, 0) is 0 Å². The van der Waals surface area contributed by atoms with Crippen molar-refractivity contribution < 1.29 is 4.39 Å². The van der Waals surface area contributed by atoms with Crippen molar-refractivity contribution in [2.45, 2.75) is 6.92 Å². The van der Waals surface area contributed by atoms with E-state index in [-0.39, 0.29) is 0 Å². The molecule has 4 N–H and O–H groups in total. The topological polar surface area (TPSA) is 104 Å². The quantitative estimate of drug-likeness (QED) is 0.400. The Hall–Kier alpha value is -2.52. The number of aryl methyl sites for hydroxylation is 1. The minimum Gasteiger partial charge on any atom is -0.274 e. The molecule has 0 aliphatic heterocycles. The van der Waals surface area contributed by atoms with E-state index in [2.05, 4.69) is 31.6 Å². The van der Waals surface area contributed by atoms with Crippen molar-refractivity contribution in [3.8, 4) is 22.0 Å². The molecule has 0 saturated carbocycles. The van der Waals surface area contributed by atoms with Gasteiger partial charge in [0.2, 0.25) is 0 Å². The van der Waals surface area contributed by atoms with Gasteiger partial charge in [-0.05, 0) is 31.2 Å². The smallest absolute Gasteiger partial charge is 0.134 e. The van der Waals surface area contributed by atoms with E-state index in [4.69, 9.17) is 11.6 Å². The van der Waals surface area contributed by atoms with Crippen LogP contribution in [0.5, 0.6) is 0 Å². The van der Waals surface area contributed by atoms with Gasteiger partial charge in [-0.25, -0.2) is 19.3 Å². The number of hydrogen-bond donors (Lipinski definition) is 2. The molecule has 26 heavy (non-hydrogen) atoms. The Morgan fingerprint density at radius 2 is 1.92 bits per heavy atom. The molecule has 0 radical (unpaired) electrons. The highest BCUT2D eigenvalue weighted by atomic mass is 35.5. The second kappa shape index (κ2) is 7.79. The number of hydrogen-bond acceptors (Lipinski definition) is 7. The number of aromatic nitrogens is 4. The third kappa shape index (κ3) is 3.40. The zero-order valence-corrected chi connectivity index (χ0v) is 15.2. The Morgan fingerprint density at radius 1 is 1.12 bits per heavy atom. The van der Waals surface area contributed by atoms with Crippen molar-refractivity contribution in [3.63, 3.8) is 0 Å². The van der Waals surface area contributed by atoms with Gasteiger partial charge in [-0.2, -0.15) is 0 Å². The highest BCUT2D eigenvalue weighted by molar-refractivity contribution is 7.22. The van der Waals surface area contributed by atoms with Crippen LogP contribution >= 0.6 is 22.9 Å². The van der Waals surface area contributed by atoms with Crippen LogP contribution in [0.2, 0.25) is 5.02 Å². The van der Waals surface area contributed by atoms with Gasteiger partial charge in [0.05, 0.1) is 26.5 Å². The third-order valence-corrected chi connectivity index (χ3v) is 4.94. The fourth-order valence-corrected chi connectivity index (χ4v) is 3.86. The minimum atomic E-state index is -0.394. The molecule has 0 aliphatic carbocycles. The molecule has 4 aromatic rings. The van der Waals surface area contributed by atoms with Crippen LogP contribution in [0.25, 0.3) is 32.2 Å². The molecule has 132 valence electrons. The normalized spacial score (nSPS) is 10.5. The molecule has 0 amide bonds. The molecule has 4 rings (SSSR count). The van der Waals surface area contributed by atoms with E-state index in [1.807, 2.05) is 13.0 Å². The summed E-state index contributed by atoms with van der Waals surface area (Å²) in [5, 5.41) is 0.856. The van der Waals surface area contributed by atoms with Gasteiger partial charge in [-0.15, -0.1) is 11.3 Å². The Bertz CT molecular complexity index is 1050. The first-order chi connectivity index (χ1) is 12.6. The molecule has 0 bridgehead atoms. The molecule has 0 saturated heterocycles. The van der Waals surface area contributed by atoms with E-state index in [9.17, 15) is 4.39 Å². The van der Waals surface area contributed by atoms with E-state index in [0.29, 0.717) is 27.0 Å². The lowest BCUT2D eigenvalue weighted by molar-refractivity contribution is 0.631. The summed E-state index contributed by atoms with van der Waals surface area (Å²) in [7, 11) is 0. The lowest BCUT2D eigenvalue weighted by atomic mass is 10.2. The van der Waals surface area contributed by atoms with Gasteiger partial charge in [-0.3, -0.25) is 16.7 Å².